The van der Waals surface area contributed by atoms with Crippen molar-refractivity contribution in [3.05, 3.63) is 71.4 Å². The molecule has 0 aliphatic heterocycles. The molecule has 7 nitrogen and oxygen atoms in total. The molecule has 0 amide bonds. The quantitative estimate of drug-likeness (QED) is 0.488. The van der Waals surface area contributed by atoms with Gasteiger partial charge in [-0.1, -0.05) is 18.2 Å². The van der Waals surface area contributed by atoms with Gasteiger partial charge in [0.1, 0.15) is 17.2 Å². The molecule has 0 unspecified atom stereocenters. The standard InChI is InChI=1S/C24H23FN6O/c1-14-19(24-28-20(15-9-11-27-12-10-15)22(32-2)23(26)29-24)30-31(21(14)16-7-8-16)13-17-5-3-4-6-18(17)25/h3-6,9-12,16H,7-8,13H2,1-2H3,(H2,26,28,29). The molecule has 1 aliphatic rings. The Morgan fingerprint density at radius 1 is 1.09 bits per heavy atom. The highest BCUT2D eigenvalue weighted by Gasteiger charge is 2.32. The van der Waals surface area contributed by atoms with Gasteiger partial charge in [-0.3, -0.25) is 9.67 Å². The number of ether oxygens (including phenoxy) is 1. The third kappa shape index (κ3) is 3.57. The average Bonchev–Trinajstić information content (AvgIpc) is 3.58. The number of hydrogen-bond acceptors (Lipinski definition) is 6. The van der Waals surface area contributed by atoms with E-state index in [2.05, 4.69) is 9.97 Å². The number of anilines is 1. The van der Waals surface area contributed by atoms with Crippen LogP contribution in [0.3, 0.4) is 0 Å². The van der Waals surface area contributed by atoms with E-state index >= 15 is 0 Å². The Bertz CT molecular complexity index is 1280. The molecule has 162 valence electrons. The Kier molecular flexibility index (Phi) is 5.05. The summed E-state index contributed by atoms with van der Waals surface area (Å²) in [6, 6.07) is 10.5. The highest BCUT2D eigenvalue weighted by Crippen LogP contribution is 2.44. The summed E-state index contributed by atoms with van der Waals surface area (Å²) < 4.78 is 21.7. The van der Waals surface area contributed by atoms with Crippen LogP contribution in [0.25, 0.3) is 22.8 Å². The average molecular weight is 430 g/mol. The van der Waals surface area contributed by atoms with E-state index in [9.17, 15) is 4.39 Å². The zero-order valence-electron chi connectivity index (χ0n) is 17.9. The summed E-state index contributed by atoms with van der Waals surface area (Å²) in [4.78, 5) is 13.3. The summed E-state index contributed by atoms with van der Waals surface area (Å²) in [6.45, 7) is 2.37. The summed E-state index contributed by atoms with van der Waals surface area (Å²) in [7, 11) is 1.54. The topological polar surface area (TPSA) is 91.7 Å². The maximum atomic E-state index is 14.3. The number of halogens is 1. The van der Waals surface area contributed by atoms with Crippen molar-refractivity contribution in [1.82, 2.24) is 24.7 Å². The van der Waals surface area contributed by atoms with Gasteiger partial charge in [0.05, 0.1) is 13.7 Å². The van der Waals surface area contributed by atoms with Crippen LogP contribution in [0.5, 0.6) is 5.75 Å². The summed E-state index contributed by atoms with van der Waals surface area (Å²) in [5.74, 6) is 1.24. The number of hydrogen-bond donors (Lipinski definition) is 1. The van der Waals surface area contributed by atoms with E-state index in [4.69, 9.17) is 20.6 Å². The van der Waals surface area contributed by atoms with Crippen molar-refractivity contribution in [3.8, 4) is 28.5 Å². The molecule has 0 spiro atoms. The van der Waals surface area contributed by atoms with E-state index in [0.29, 0.717) is 41.0 Å². The highest BCUT2D eigenvalue weighted by atomic mass is 19.1. The predicted octanol–water partition coefficient (Wildman–Crippen LogP) is 4.37. The second-order valence-electron chi connectivity index (χ2n) is 7.93. The van der Waals surface area contributed by atoms with Crippen LogP contribution in [0.1, 0.15) is 35.6 Å². The van der Waals surface area contributed by atoms with Gasteiger partial charge in [0.15, 0.2) is 17.4 Å². The Morgan fingerprint density at radius 2 is 1.84 bits per heavy atom. The monoisotopic (exact) mass is 430 g/mol. The second kappa shape index (κ2) is 8.03. The number of benzene rings is 1. The van der Waals surface area contributed by atoms with Crippen LogP contribution in [0, 0.1) is 12.7 Å². The van der Waals surface area contributed by atoms with E-state index in [-0.39, 0.29) is 11.6 Å². The summed E-state index contributed by atoms with van der Waals surface area (Å²) >= 11 is 0. The van der Waals surface area contributed by atoms with Gasteiger partial charge in [0, 0.05) is 40.7 Å². The number of nitrogens with zero attached hydrogens (tertiary/aromatic N) is 5. The molecule has 2 N–H and O–H groups in total. The lowest BCUT2D eigenvalue weighted by molar-refractivity contribution is 0.415. The molecule has 0 radical (unpaired) electrons. The Labute approximate surface area is 185 Å². The maximum absolute atomic E-state index is 14.3. The molecule has 0 bridgehead atoms. The van der Waals surface area contributed by atoms with Crippen molar-refractivity contribution in [2.45, 2.75) is 32.2 Å². The predicted molar refractivity (Wildman–Crippen MR) is 120 cm³/mol. The Hall–Kier alpha value is -3.81. The molecule has 8 heteroatoms. The number of pyridine rings is 1. The van der Waals surface area contributed by atoms with Crippen molar-refractivity contribution in [1.29, 1.82) is 0 Å². The van der Waals surface area contributed by atoms with Crippen molar-refractivity contribution in [2.75, 3.05) is 12.8 Å². The van der Waals surface area contributed by atoms with Crippen molar-refractivity contribution in [2.24, 2.45) is 0 Å². The fourth-order valence-electron chi connectivity index (χ4n) is 4.04. The van der Waals surface area contributed by atoms with Crippen LogP contribution in [0.15, 0.2) is 48.8 Å². The maximum Gasteiger partial charge on any atom is 0.187 e. The molecule has 1 saturated carbocycles. The van der Waals surface area contributed by atoms with E-state index in [1.807, 2.05) is 29.8 Å². The van der Waals surface area contributed by atoms with Crippen LogP contribution >= 0.6 is 0 Å². The lowest BCUT2D eigenvalue weighted by Gasteiger charge is -2.11. The van der Waals surface area contributed by atoms with Crippen LogP contribution in [0.2, 0.25) is 0 Å². The van der Waals surface area contributed by atoms with Gasteiger partial charge in [-0.15, -0.1) is 0 Å². The van der Waals surface area contributed by atoms with Gasteiger partial charge < -0.3 is 10.5 Å². The molecule has 3 heterocycles. The molecule has 0 saturated heterocycles. The molecule has 32 heavy (non-hydrogen) atoms. The molecule has 3 aromatic heterocycles. The first-order chi connectivity index (χ1) is 15.6. The Morgan fingerprint density at radius 3 is 2.53 bits per heavy atom. The molecule has 1 fully saturated rings. The summed E-state index contributed by atoms with van der Waals surface area (Å²) in [5.41, 5.74) is 11.0. The zero-order chi connectivity index (χ0) is 22.2. The minimum absolute atomic E-state index is 0.236. The highest BCUT2D eigenvalue weighted by molar-refractivity contribution is 5.74. The first-order valence-corrected chi connectivity index (χ1v) is 10.5. The lowest BCUT2D eigenvalue weighted by Crippen LogP contribution is -2.08. The molecular formula is C24H23FN6O. The molecule has 5 rings (SSSR count). The minimum Gasteiger partial charge on any atom is -0.491 e. The van der Waals surface area contributed by atoms with Crippen LogP contribution in [0.4, 0.5) is 10.2 Å². The van der Waals surface area contributed by atoms with Crippen LogP contribution in [-0.2, 0) is 6.54 Å². The first-order valence-electron chi connectivity index (χ1n) is 10.5. The second-order valence-corrected chi connectivity index (χ2v) is 7.93. The smallest absolute Gasteiger partial charge is 0.187 e. The van der Waals surface area contributed by atoms with Crippen molar-refractivity contribution in [3.63, 3.8) is 0 Å². The van der Waals surface area contributed by atoms with Gasteiger partial charge in [-0.2, -0.15) is 5.10 Å². The van der Waals surface area contributed by atoms with Crippen LogP contribution < -0.4 is 10.5 Å². The molecule has 4 aromatic rings. The third-order valence-electron chi connectivity index (χ3n) is 5.74. The normalized spacial score (nSPS) is 13.3. The fourth-order valence-corrected chi connectivity index (χ4v) is 4.04. The molecule has 0 atom stereocenters. The van der Waals surface area contributed by atoms with Gasteiger partial charge in [0.2, 0.25) is 0 Å². The van der Waals surface area contributed by atoms with Gasteiger partial charge in [0.25, 0.3) is 0 Å². The SMILES string of the molecule is COc1c(N)nc(-c2nn(Cc3ccccc3F)c(C3CC3)c2C)nc1-c1ccncc1. The molecule has 1 aliphatic carbocycles. The van der Waals surface area contributed by atoms with Crippen LogP contribution in [-0.4, -0.2) is 31.8 Å². The number of methoxy groups -OCH3 is 1. The Balaban J connectivity index is 1.64. The molecular weight excluding hydrogens is 407 g/mol. The lowest BCUT2D eigenvalue weighted by atomic mass is 10.1. The summed E-state index contributed by atoms with van der Waals surface area (Å²) in [5, 5.41) is 4.83. The number of nitrogens with two attached hydrogens (primary N) is 1. The van der Waals surface area contributed by atoms with Gasteiger partial charge in [-0.25, -0.2) is 14.4 Å². The number of nitrogen functional groups attached to an aromatic ring is 1. The zero-order valence-corrected chi connectivity index (χ0v) is 17.9. The van der Waals surface area contributed by atoms with Crippen molar-refractivity contribution < 1.29 is 9.13 Å². The number of rotatable bonds is 6. The van der Waals surface area contributed by atoms with E-state index in [1.165, 1.54) is 6.07 Å². The number of aromatic nitrogens is 5. The van der Waals surface area contributed by atoms with E-state index in [0.717, 1.165) is 29.7 Å². The minimum atomic E-state index is -0.242. The fraction of sp³-hybridized carbons (Fsp3) is 0.250. The third-order valence-corrected chi connectivity index (χ3v) is 5.74. The summed E-state index contributed by atoms with van der Waals surface area (Å²) in [6.07, 6.45) is 5.56. The molecule has 1 aromatic carbocycles. The van der Waals surface area contributed by atoms with Gasteiger partial charge in [-0.05, 0) is 38.0 Å². The van der Waals surface area contributed by atoms with E-state index in [1.54, 1.807) is 31.6 Å². The van der Waals surface area contributed by atoms with Crippen molar-refractivity contribution >= 4 is 5.82 Å². The largest absolute Gasteiger partial charge is 0.491 e. The van der Waals surface area contributed by atoms with Gasteiger partial charge >= 0.3 is 0 Å². The van der Waals surface area contributed by atoms with E-state index < -0.39 is 0 Å². The first kappa shape index (κ1) is 20.1.